The van der Waals surface area contributed by atoms with Gasteiger partial charge in [-0.15, -0.1) is 0 Å². The monoisotopic (exact) mass is 286 g/mol. The van der Waals surface area contributed by atoms with Crippen molar-refractivity contribution in [2.24, 2.45) is 0 Å². The summed E-state index contributed by atoms with van der Waals surface area (Å²) in [6.45, 7) is 0.275. The molecule has 0 heterocycles. The topological polar surface area (TPSA) is 87.0 Å². The van der Waals surface area contributed by atoms with E-state index < -0.39 is 12.1 Å². The summed E-state index contributed by atoms with van der Waals surface area (Å²) in [5.74, 6) is 0.889. The second kappa shape index (κ2) is 8.79. The lowest BCUT2D eigenvalue weighted by Gasteiger charge is -2.08. The van der Waals surface area contributed by atoms with Gasteiger partial charge in [0.25, 0.3) is 0 Å². The third-order valence-electron chi connectivity index (χ3n) is 2.30. The minimum atomic E-state index is -0.973. The lowest BCUT2D eigenvalue weighted by molar-refractivity contribution is 0.0696. The van der Waals surface area contributed by atoms with Crippen molar-refractivity contribution in [2.75, 3.05) is 24.7 Å². The Balaban J connectivity index is 2.19. The summed E-state index contributed by atoms with van der Waals surface area (Å²) < 4.78 is 5.44. The standard InChI is InChI=1S/C13H18O5S/c14-8-11(15)9-19-6-2-5-18-12-4-1-3-10(7-12)13(16)17/h1,3-4,7,11,14-15H,2,5-6,8-9H2,(H,16,17). The van der Waals surface area contributed by atoms with E-state index in [4.69, 9.17) is 20.1 Å². The number of thioether (sulfide) groups is 1. The lowest BCUT2D eigenvalue weighted by atomic mass is 10.2. The van der Waals surface area contributed by atoms with Crippen molar-refractivity contribution >= 4 is 17.7 Å². The summed E-state index contributed by atoms with van der Waals surface area (Å²) in [4.78, 5) is 10.8. The Labute approximate surface area is 116 Å². The van der Waals surface area contributed by atoms with Gasteiger partial charge in [-0.1, -0.05) is 6.07 Å². The minimum Gasteiger partial charge on any atom is -0.494 e. The molecule has 3 N–H and O–H groups in total. The zero-order valence-electron chi connectivity index (χ0n) is 10.5. The molecule has 5 nitrogen and oxygen atoms in total. The van der Waals surface area contributed by atoms with Crippen molar-refractivity contribution in [3.63, 3.8) is 0 Å². The number of hydrogen-bond acceptors (Lipinski definition) is 5. The smallest absolute Gasteiger partial charge is 0.335 e. The van der Waals surface area contributed by atoms with E-state index in [1.807, 2.05) is 0 Å². The van der Waals surface area contributed by atoms with Crippen LogP contribution in [0.2, 0.25) is 0 Å². The number of hydrogen-bond donors (Lipinski definition) is 3. The predicted octanol–water partition coefficient (Wildman–Crippen LogP) is 1.24. The molecule has 0 fully saturated rings. The number of carboxylic acid groups (broad SMARTS) is 1. The van der Waals surface area contributed by atoms with Crippen molar-refractivity contribution in [1.29, 1.82) is 0 Å². The Hall–Kier alpha value is -1.24. The van der Waals surface area contributed by atoms with Gasteiger partial charge in [0.2, 0.25) is 0 Å². The van der Waals surface area contributed by atoms with Gasteiger partial charge in [0, 0.05) is 5.75 Å². The van der Waals surface area contributed by atoms with E-state index in [1.165, 1.54) is 12.1 Å². The van der Waals surface area contributed by atoms with Gasteiger partial charge in [-0.05, 0) is 30.4 Å². The number of aliphatic hydroxyl groups is 2. The second-order valence-electron chi connectivity index (χ2n) is 3.95. The molecular weight excluding hydrogens is 268 g/mol. The van der Waals surface area contributed by atoms with Crippen LogP contribution in [-0.4, -0.2) is 52.1 Å². The summed E-state index contributed by atoms with van der Waals surface area (Å²) in [6.07, 6.45) is 0.123. The summed E-state index contributed by atoms with van der Waals surface area (Å²) in [5.41, 5.74) is 0.206. The summed E-state index contributed by atoms with van der Waals surface area (Å²) in [6, 6.07) is 6.37. The molecule has 0 aromatic heterocycles. The Morgan fingerprint density at radius 2 is 2.21 bits per heavy atom. The number of aromatic carboxylic acids is 1. The Bertz CT molecular complexity index is 396. The van der Waals surface area contributed by atoms with Crippen LogP contribution in [0.25, 0.3) is 0 Å². The zero-order chi connectivity index (χ0) is 14.1. The SMILES string of the molecule is O=C(O)c1cccc(OCCCSCC(O)CO)c1. The third-order valence-corrected chi connectivity index (χ3v) is 3.50. The molecule has 0 saturated heterocycles. The lowest BCUT2D eigenvalue weighted by Crippen LogP contribution is -2.15. The maximum Gasteiger partial charge on any atom is 0.335 e. The van der Waals surface area contributed by atoms with Crippen LogP contribution < -0.4 is 4.74 Å². The molecule has 0 bridgehead atoms. The van der Waals surface area contributed by atoms with Crippen LogP contribution in [0, 0.1) is 0 Å². The fraction of sp³-hybridized carbons (Fsp3) is 0.462. The number of rotatable bonds is 9. The molecule has 0 radical (unpaired) electrons. The highest BCUT2D eigenvalue weighted by molar-refractivity contribution is 7.99. The number of carboxylic acids is 1. The van der Waals surface area contributed by atoms with E-state index >= 15 is 0 Å². The summed E-state index contributed by atoms with van der Waals surface area (Å²) >= 11 is 1.55. The molecule has 0 aliphatic heterocycles. The quantitative estimate of drug-likeness (QED) is 0.592. The van der Waals surface area contributed by atoms with Crippen LogP contribution in [0.1, 0.15) is 16.8 Å². The molecule has 0 saturated carbocycles. The predicted molar refractivity (Wildman–Crippen MR) is 73.9 cm³/mol. The Morgan fingerprint density at radius 3 is 2.89 bits per heavy atom. The van der Waals surface area contributed by atoms with Crippen LogP contribution in [0.3, 0.4) is 0 Å². The highest BCUT2D eigenvalue weighted by Gasteiger charge is 2.04. The molecule has 1 aromatic rings. The maximum absolute atomic E-state index is 10.8. The minimum absolute atomic E-state index is 0.206. The van der Waals surface area contributed by atoms with E-state index in [-0.39, 0.29) is 12.2 Å². The van der Waals surface area contributed by atoms with E-state index in [0.717, 1.165) is 12.2 Å². The molecule has 0 aliphatic carbocycles. The molecule has 106 valence electrons. The van der Waals surface area contributed by atoms with E-state index in [0.29, 0.717) is 18.1 Å². The van der Waals surface area contributed by atoms with E-state index in [2.05, 4.69) is 0 Å². The van der Waals surface area contributed by atoms with Crippen molar-refractivity contribution in [1.82, 2.24) is 0 Å². The van der Waals surface area contributed by atoms with Gasteiger partial charge in [-0.2, -0.15) is 11.8 Å². The molecule has 6 heteroatoms. The van der Waals surface area contributed by atoms with Crippen molar-refractivity contribution in [3.8, 4) is 5.75 Å². The van der Waals surface area contributed by atoms with E-state index in [1.54, 1.807) is 23.9 Å². The van der Waals surface area contributed by atoms with E-state index in [9.17, 15) is 4.79 Å². The van der Waals surface area contributed by atoms with Gasteiger partial charge >= 0.3 is 5.97 Å². The first-order valence-electron chi connectivity index (χ1n) is 5.96. The zero-order valence-corrected chi connectivity index (χ0v) is 11.3. The van der Waals surface area contributed by atoms with Gasteiger partial charge < -0.3 is 20.1 Å². The van der Waals surface area contributed by atoms with Gasteiger partial charge in [0.1, 0.15) is 5.75 Å². The van der Waals surface area contributed by atoms with Crippen molar-refractivity contribution in [3.05, 3.63) is 29.8 Å². The van der Waals surface area contributed by atoms with Crippen LogP contribution >= 0.6 is 11.8 Å². The molecular formula is C13H18O5S. The first-order chi connectivity index (χ1) is 9.13. The summed E-state index contributed by atoms with van der Waals surface area (Å²) in [5, 5.41) is 26.6. The van der Waals surface area contributed by atoms with Crippen LogP contribution in [-0.2, 0) is 0 Å². The van der Waals surface area contributed by atoms with Crippen molar-refractivity contribution in [2.45, 2.75) is 12.5 Å². The highest BCUT2D eigenvalue weighted by atomic mass is 32.2. The Kier molecular flexibility index (Phi) is 7.32. The molecule has 1 rings (SSSR count). The molecule has 1 atom stereocenters. The number of carbonyl (C=O) groups is 1. The van der Waals surface area contributed by atoms with Crippen LogP contribution in [0.5, 0.6) is 5.75 Å². The molecule has 0 amide bonds. The molecule has 1 unspecified atom stereocenters. The maximum atomic E-state index is 10.8. The average molecular weight is 286 g/mol. The van der Waals surface area contributed by atoms with Gasteiger partial charge in [0.05, 0.1) is 24.9 Å². The number of ether oxygens (including phenoxy) is 1. The molecule has 19 heavy (non-hydrogen) atoms. The first-order valence-corrected chi connectivity index (χ1v) is 7.11. The largest absolute Gasteiger partial charge is 0.494 e. The average Bonchev–Trinajstić information content (AvgIpc) is 2.42. The fourth-order valence-electron chi connectivity index (χ4n) is 1.34. The number of aliphatic hydroxyl groups excluding tert-OH is 2. The highest BCUT2D eigenvalue weighted by Crippen LogP contribution is 2.14. The normalized spacial score (nSPS) is 12.1. The molecule has 0 spiro atoms. The fourth-order valence-corrected chi connectivity index (χ4v) is 2.21. The van der Waals surface area contributed by atoms with Gasteiger partial charge in [-0.25, -0.2) is 4.79 Å². The molecule has 1 aromatic carbocycles. The van der Waals surface area contributed by atoms with Crippen LogP contribution in [0.4, 0.5) is 0 Å². The number of benzene rings is 1. The van der Waals surface area contributed by atoms with Gasteiger partial charge in [0.15, 0.2) is 0 Å². The Morgan fingerprint density at radius 1 is 1.42 bits per heavy atom. The van der Waals surface area contributed by atoms with Crippen molar-refractivity contribution < 1.29 is 24.9 Å². The molecule has 0 aliphatic rings. The summed E-state index contributed by atoms with van der Waals surface area (Å²) in [7, 11) is 0. The second-order valence-corrected chi connectivity index (χ2v) is 5.10. The third kappa shape index (κ3) is 6.47. The van der Waals surface area contributed by atoms with Gasteiger partial charge in [-0.3, -0.25) is 0 Å². The first kappa shape index (κ1) is 15.8. The van der Waals surface area contributed by atoms with Crippen LogP contribution in [0.15, 0.2) is 24.3 Å².